The van der Waals surface area contributed by atoms with E-state index in [1.165, 1.54) is 0 Å². The number of nitrogens with zero attached hydrogens (tertiary/aromatic N) is 4. The van der Waals surface area contributed by atoms with Crippen molar-refractivity contribution in [1.82, 2.24) is 15.0 Å². The molecular formula is C15H21N5O2. The summed E-state index contributed by atoms with van der Waals surface area (Å²) in [4.78, 5) is 17.4. The molecule has 22 heavy (non-hydrogen) atoms. The smallest absolute Gasteiger partial charge is 0.229 e. The number of rotatable bonds is 2. The van der Waals surface area contributed by atoms with Gasteiger partial charge in [0.15, 0.2) is 0 Å². The summed E-state index contributed by atoms with van der Waals surface area (Å²) < 4.78 is 10.9. The van der Waals surface area contributed by atoms with Crippen LogP contribution in [0.15, 0.2) is 6.07 Å². The van der Waals surface area contributed by atoms with E-state index in [1.807, 2.05) is 0 Å². The highest BCUT2D eigenvalue weighted by molar-refractivity contribution is 5.89. The molecule has 2 aliphatic rings. The summed E-state index contributed by atoms with van der Waals surface area (Å²) in [5.41, 5.74) is 2.02. The van der Waals surface area contributed by atoms with E-state index in [0.29, 0.717) is 0 Å². The van der Waals surface area contributed by atoms with Crippen LogP contribution >= 0.6 is 0 Å². The molecule has 7 nitrogen and oxygen atoms in total. The Morgan fingerprint density at radius 1 is 0.955 bits per heavy atom. The molecule has 2 aliphatic heterocycles. The van der Waals surface area contributed by atoms with Gasteiger partial charge in [0.1, 0.15) is 11.5 Å². The molecule has 0 aromatic carbocycles. The average molecular weight is 303 g/mol. The highest BCUT2D eigenvalue weighted by atomic mass is 16.5. The molecule has 0 aliphatic carbocycles. The molecule has 0 radical (unpaired) electrons. The topological polar surface area (TPSA) is 66.5 Å². The number of morpholine rings is 2. The maximum atomic E-state index is 5.47. The zero-order chi connectivity index (χ0) is 14.9. The maximum Gasteiger partial charge on any atom is 0.229 e. The molecule has 2 aromatic heterocycles. The van der Waals surface area contributed by atoms with Gasteiger partial charge in [0, 0.05) is 31.9 Å². The van der Waals surface area contributed by atoms with Crippen LogP contribution < -0.4 is 9.80 Å². The van der Waals surface area contributed by atoms with Crippen LogP contribution in [0.1, 0.15) is 5.69 Å². The fraction of sp³-hybridized carbons (Fsp3) is 0.600. The molecule has 0 amide bonds. The molecule has 0 saturated carbocycles. The summed E-state index contributed by atoms with van der Waals surface area (Å²) in [6.07, 6.45) is 0. The lowest BCUT2D eigenvalue weighted by Crippen LogP contribution is -2.39. The number of aromatic amines is 1. The fourth-order valence-electron chi connectivity index (χ4n) is 3.03. The number of anilines is 2. The highest BCUT2D eigenvalue weighted by Gasteiger charge is 2.21. The number of fused-ring (bicyclic) bond motifs is 1. The lowest BCUT2D eigenvalue weighted by molar-refractivity contribution is 0.121. The van der Waals surface area contributed by atoms with Crippen molar-refractivity contribution in [3.05, 3.63) is 11.8 Å². The van der Waals surface area contributed by atoms with Crippen LogP contribution in [0, 0.1) is 6.92 Å². The number of hydrogen-bond acceptors (Lipinski definition) is 6. The van der Waals surface area contributed by atoms with E-state index in [-0.39, 0.29) is 0 Å². The van der Waals surface area contributed by atoms with Crippen molar-refractivity contribution in [2.24, 2.45) is 0 Å². The van der Waals surface area contributed by atoms with Crippen LogP contribution in [0.2, 0.25) is 0 Å². The molecule has 2 aromatic rings. The van der Waals surface area contributed by atoms with Gasteiger partial charge in [-0.05, 0) is 13.0 Å². The van der Waals surface area contributed by atoms with Gasteiger partial charge in [0.2, 0.25) is 5.95 Å². The number of nitrogens with one attached hydrogen (secondary N) is 1. The van der Waals surface area contributed by atoms with Gasteiger partial charge in [-0.3, -0.25) is 0 Å². The van der Waals surface area contributed by atoms with E-state index in [1.54, 1.807) is 0 Å². The van der Waals surface area contributed by atoms with Crippen molar-refractivity contribution in [1.29, 1.82) is 0 Å². The van der Waals surface area contributed by atoms with Crippen LogP contribution in [0.4, 0.5) is 11.8 Å². The first-order valence-electron chi connectivity index (χ1n) is 7.84. The van der Waals surface area contributed by atoms with E-state index in [2.05, 4.69) is 27.8 Å². The Kier molecular flexibility index (Phi) is 3.59. The Balaban J connectivity index is 1.77. The third-order valence-corrected chi connectivity index (χ3v) is 4.19. The van der Waals surface area contributed by atoms with Crippen LogP contribution in [-0.4, -0.2) is 67.6 Å². The Hall–Kier alpha value is -1.86. The summed E-state index contributed by atoms with van der Waals surface area (Å²) >= 11 is 0. The zero-order valence-electron chi connectivity index (χ0n) is 12.8. The third-order valence-electron chi connectivity index (χ3n) is 4.19. The number of hydrogen-bond donors (Lipinski definition) is 1. The van der Waals surface area contributed by atoms with E-state index >= 15 is 0 Å². The van der Waals surface area contributed by atoms with Crippen LogP contribution in [0.25, 0.3) is 11.0 Å². The second kappa shape index (κ2) is 5.73. The first-order chi connectivity index (χ1) is 10.8. The molecule has 4 heterocycles. The van der Waals surface area contributed by atoms with Crippen molar-refractivity contribution in [3.63, 3.8) is 0 Å². The SMILES string of the molecule is Cc1cc2c(N3CCOCC3)nc(N3CCOCC3)nc2[nH]1. The standard InChI is InChI=1S/C15H21N5O2/c1-11-10-12-13(16-11)17-15(20-4-8-22-9-5-20)18-14(12)19-2-6-21-7-3-19/h10H,2-9H2,1H3,(H,16,17,18). The minimum Gasteiger partial charge on any atom is -0.378 e. The van der Waals surface area contributed by atoms with Gasteiger partial charge in [-0.15, -0.1) is 0 Å². The predicted octanol–water partition coefficient (Wildman–Crippen LogP) is 0.940. The molecule has 0 unspecified atom stereocenters. The molecular weight excluding hydrogens is 282 g/mol. The zero-order valence-corrected chi connectivity index (χ0v) is 12.8. The van der Waals surface area contributed by atoms with Gasteiger partial charge >= 0.3 is 0 Å². The van der Waals surface area contributed by atoms with E-state index in [9.17, 15) is 0 Å². The first-order valence-corrected chi connectivity index (χ1v) is 7.84. The molecule has 4 rings (SSSR count). The van der Waals surface area contributed by atoms with Crippen LogP contribution in [0.5, 0.6) is 0 Å². The molecule has 2 fully saturated rings. The van der Waals surface area contributed by atoms with Crippen molar-refractivity contribution in [2.75, 3.05) is 62.4 Å². The van der Waals surface area contributed by atoms with E-state index in [0.717, 1.165) is 81.1 Å². The Labute approximate surface area is 129 Å². The maximum absolute atomic E-state index is 5.47. The van der Waals surface area contributed by atoms with Gasteiger partial charge in [0.25, 0.3) is 0 Å². The van der Waals surface area contributed by atoms with Gasteiger partial charge in [-0.2, -0.15) is 9.97 Å². The predicted molar refractivity (Wildman–Crippen MR) is 84.7 cm³/mol. The number of aromatic nitrogens is 3. The number of aryl methyl sites for hydroxylation is 1. The Morgan fingerprint density at radius 3 is 2.27 bits per heavy atom. The molecule has 118 valence electrons. The third kappa shape index (κ3) is 2.50. The van der Waals surface area contributed by atoms with Gasteiger partial charge in [-0.1, -0.05) is 0 Å². The van der Waals surface area contributed by atoms with Crippen LogP contribution in [0.3, 0.4) is 0 Å². The lowest BCUT2D eigenvalue weighted by Gasteiger charge is -2.31. The Morgan fingerprint density at radius 2 is 1.59 bits per heavy atom. The summed E-state index contributed by atoms with van der Waals surface area (Å²) in [6, 6.07) is 2.13. The number of ether oxygens (including phenoxy) is 2. The Bertz CT molecular complexity index is 659. The average Bonchev–Trinajstić information content (AvgIpc) is 2.95. The fourth-order valence-corrected chi connectivity index (χ4v) is 3.03. The molecule has 0 bridgehead atoms. The molecule has 2 saturated heterocycles. The summed E-state index contributed by atoms with van der Waals surface area (Å²) in [7, 11) is 0. The second-order valence-electron chi connectivity index (χ2n) is 5.76. The van der Waals surface area contributed by atoms with Gasteiger partial charge in [-0.25, -0.2) is 0 Å². The molecule has 0 atom stereocenters. The lowest BCUT2D eigenvalue weighted by atomic mass is 10.3. The molecule has 0 spiro atoms. The summed E-state index contributed by atoms with van der Waals surface area (Å²) in [5, 5.41) is 1.09. The summed E-state index contributed by atoms with van der Waals surface area (Å²) in [6.45, 7) is 8.46. The van der Waals surface area contributed by atoms with Crippen molar-refractivity contribution in [2.45, 2.75) is 6.92 Å². The van der Waals surface area contributed by atoms with Crippen molar-refractivity contribution in [3.8, 4) is 0 Å². The van der Waals surface area contributed by atoms with E-state index < -0.39 is 0 Å². The normalized spacial score (nSPS) is 19.9. The van der Waals surface area contributed by atoms with E-state index in [4.69, 9.17) is 19.4 Å². The highest BCUT2D eigenvalue weighted by Crippen LogP contribution is 2.28. The number of H-pyrrole nitrogens is 1. The minimum absolute atomic E-state index is 0.734. The largest absolute Gasteiger partial charge is 0.378 e. The monoisotopic (exact) mass is 303 g/mol. The van der Waals surface area contributed by atoms with Crippen molar-refractivity contribution < 1.29 is 9.47 Å². The molecule has 1 N–H and O–H groups in total. The molecule has 7 heteroatoms. The van der Waals surface area contributed by atoms with Crippen molar-refractivity contribution >= 4 is 22.8 Å². The summed E-state index contributed by atoms with van der Waals surface area (Å²) in [5.74, 6) is 1.80. The quantitative estimate of drug-likeness (QED) is 0.890. The minimum atomic E-state index is 0.734. The second-order valence-corrected chi connectivity index (χ2v) is 5.76. The van der Waals surface area contributed by atoms with Crippen LogP contribution in [-0.2, 0) is 9.47 Å². The van der Waals surface area contributed by atoms with Gasteiger partial charge < -0.3 is 24.3 Å². The van der Waals surface area contributed by atoms with Gasteiger partial charge in [0.05, 0.1) is 31.8 Å². The first kappa shape index (κ1) is 13.8.